The molecule has 0 aliphatic carbocycles. The quantitative estimate of drug-likeness (QED) is 0.538. The number of carbonyl (C=O) groups excluding carboxylic acids is 1. The lowest BCUT2D eigenvalue weighted by Gasteiger charge is -2.10. The highest BCUT2D eigenvalue weighted by molar-refractivity contribution is 14.1. The number of para-hydroxylation sites is 1. The summed E-state index contributed by atoms with van der Waals surface area (Å²) >= 11 is 2.22. The average Bonchev–Trinajstić information content (AvgIpc) is 3.12. The number of H-pyrrole nitrogens is 1. The smallest absolute Gasteiger partial charge is 0.262 e. The first kappa shape index (κ1) is 18.4. The molecule has 1 amide bonds. The predicted molar refractivity (Wildman–Crippen MR) is 109 cm³/mol. The van der Waals surface area contributed by atoms with Gasteiger partial charge in [-0.05, 0) is 59.0 Å². The van der Waals surface area contributed by atoms with Gasteiger partial charge in [0.2, 0.25) is 0 Å². The number of anilines is 1. The summed E-state index contributed by atoms with van der Waals surface area (Å²) in [4.78, 5) is 16.8. The van der Waals surface area contributed by atoms with Crippen LogP contribution in [0.25, 0.3) is 11.4 Å². The van der Waals surface area contributed by atoms with Gasteiger partial charge in [0, 0.05) is 15.1 Å². The van der Waals surface area contributed by atoms with E-state index in [9.17, 15) is 4.79 Å². The van der Waals surface area contributed by atoms with Crippen molar-refractivity contribution in [3.05, 3.63) is 57.9 Å². The molecular weight excluding hydrogens is 443 g/mol. The number of benzene rings is 2. The van der Waals surface area contributed by atoms with Crippen molar-refractivity contribution in [3.8, 4) is 17.1 Å². The highest BCUT2D eigenvalue weighted by Crippen LogP contribution is 2.26. The molecule has 0 unspecified atom stereocenters. The van der Waals surface area contributed by atoms with Gasteiger partial charge in [0.15, 0.2) is 12.4 Å². The fourth-order valence-corrected chi connectivity index (χ4v) is 2.67. The Labute approximate surface area is 165 Å². The van der Waals surface area contributed by atoms with E-state index in [4.69, 9.17) is 4.74 Å². The highest BCUT2D eigenvalue weighted by Gasteiger charge is 2.14. The third kappa shape index (κ3) is 4.60. The molecule has 3 rings (SSSR count). The molecule has 0 bridgehead atoms. The Kier molecular flexibility index (Phi) is 5.87. The maximum atomic E-state index is 12.3. The van der Waals surface area contributed by atoms with Crippen molar-refractivity contribution >= 4 is 34.2 Å². The van der Waals surface area contributed by atoms with Gasteiger partial charge >= 0.3 is 0 Å². The first-order chi connectivity index (χ1) is 12.5. The van der Waals surface area contributed by atoms with Crippen molar-refractivity contribution in [2.45, 2.75) is 19.8 Å². The summed E-state index contributed by atoms with van der Waals surface area (Å²) < 4.78 is 6.64. The zero-order valence-electron chi connectivity index (χ0n) is 14.5. The van der Waals surface area contributed by atoms with Crippen molar-refractivity contribution in [2.24, 2.45) is 0 Å². The van der Waals surface area contributed by atoms with Crippen molar-refractivity contribution in [1.82, 2.24) is 15.2 Å². The van der Waals surface area contributed by atoms with E-state index in [1.165, 1.54) is 0 Å². The maximum absolute atomic E-state index is 12.3. The minimum atomic E-state index is -0.240. The SMILES string of the molecule is CC(C)c1nc(-c2ccccc2NC(=O)COc2ccc(I)cc2)n[nH]1. The van der Waals surface area contributed by atoms with Gasteiger partial charge in [-0.3, -0.25) is 9.89 Å². The van der Waals surface area contributed by atoms with Crippen LogP contribution in [0, 0.1) is 3.57 Å². The van der Waals surface area contributed by atoms with Crippen molar-refractivity contribution in [1.29, 1.82) is 0 Å². The molecule has 1 aromatic heterocycles. The van der Waals surface area contributed by atoms with E-state index >= 15 is 0 Å². The van der Waals surface area contributed by atoms with Crippen molar-refractivity contribution in [3.63, 3.8) is 0 Å². The lowest BCUT2D eigenvalue weighted by molar-refractivity contribution is -0.118. The molecule has 0 aliphatic heterocycles. The van der Waals surface area contributed by atoms with Crippen LogP contribution in [0.2, 0.25) is 0 Å². The number of halogens is 1. The topological polar surface area (TPSA) is 79.9 Å². The Morgan fingerprint density at radius 1 is 1.19 bits per heavy atom. The van der Waals surface area contributed by atoms with Crippen LogP contribution in [0.5, 0.6) is 5.75 Å². The standard InChI is InChI=1S/C19H19IN4O2/c1-12(2)18-22-19(24-23-18)15-5-3-4-6-16(15)21-17(25)11-26-14-9-7-13(20)8-10-14/h3-10,12H,11H2,1-2H3,(H,21,25)(H,22,23,24). The first-order valence-corrected chi connectivity index (χ1v) is 9.30. The first-order valence-electron chi connectivity index (χ1n) is 8.23. The van der Waals surface area contributed by atoms with Gasteiger partial charge in [0.05, 0.1) is 5.69 Å². The number of nitrogens with zero attached hydrogens (tertiary/aromatic N) is 2. The minimum Gasteiger partial charge on any atom is -0.484 e. The van der Waals surface area contributed by atoms with Crippen molar-refractivity contribution < 1.29 is 9.53 Å². The molecule has 0 fully saturated rings. The Morgan fingerprint density at radius 2 is 1.92 bits per heavy atom. The third-order valence-electron chi connectivity index (χ3n) is 3.68. The number of aromatic nitrogens is 3. The average molecular weight is 462 g/mol. The molecular formula is C19H19IN4O2. The number of rotatable bonds is 6. The third-order valence-corrected chi connectivity index (χ3v) is 4.39. The van der Waals surface area contributed by atoms with Gasteiger partial charge in [-0.15, -0.1) is 0 Å². The summed E-state index contributed by atoms with van der Waals surface area (Å²) in [6.07, 6.45) is 0. The number of carbonyl (C=O) groups is 1. The molecule has 0 radical (unpaired) electrons. The Balaban J connectivity index is 1.69. The Morgan fingerprint density at radius 3 is 2.62 bits per heavy atom. The lowest BCUT2D eigenvalue weighted by Crippen LogP contribution is -2.20. The second-order valence-electron chi connectivity index (χ2n) is 6.04. The predicted octanol–water partition coefficient (Wildman–Crippen LogP) is 4.22. The Hall–Kier alpha value is -2.42. The van der Waals surface area contributed by atoms with Crippen LogP contribution >= 0.6 is 22.6 Å². The molecule has 7 heteroatoms. The molecule has 0 spiro atoms. The van der Waals surface area contributed by atoms with E-state index in [0.717, 1.165) is 15.0 Å². The molecule has 26 heavy (non-hydrogen) atoms. The van der Waals surface area contributed by atoms with Crippen LogP contribution in [0.3, 0.4) is 0 Å². The largest absolute Gasteiger partial charge is 0.484 e. The van der Waals surface area contributed by atoms with Gasteiger partial charge in [-0.25, -0.2) is 4.98 Å². The number of ether oxygens (including phenoxy) is 1. The van der Waals surface area contributed by atoms with Crippen LogP contribution in [0.1, 0.15) is 25.6 Å². The van der Waals surface area contributed by atoms with E-state index < -0.39 is 0 Å². The molecule has 3 aromatic rings. The van der Waals surface area contributed by atoms with E-state index in [2.05, 4.69) is 43.1 Å². The summed E-state index contributed by atoms with van der Waals surface area (Å²) in [5.41, 5.74) is 1.41. The van der Waals surface area contributed by atoms with Crippen LogP contribution < -0.4 is 10.1 Å². The van der Waals surface area contributed by atoms with Crippen LogP contribution in [-0.2, 0) is 4.79 Å². The minimum absolute atomic E-state index is 0.0693. The summed E-state index contributed by atoms with van der Waals surface area (Å²) in [6.45, 7) is 4.01. The van der Waals surface area contributed by atoms with Gasteiger partial charge < -0.3 is 10.1 Å². The van der Waals surface area contributed by atoms with E-state index in [1.807, 2.05) is 62.4 Å². The van der Waals surface area contributed by atoms with E-state index in [0.29, 0.717) is 17.3 Å². The molecule has 0 aliphatic rings. The van der Waals surface area contributed by atoms with Gasteiger partial charge in [0.25, 0.3) is 5.91 Å². The zero-order valence-corrected chi connectivity index (χ0v) is 16.6. The van der Waals surface area contributed by atoms with Crippen LogP contribution in [-0.4, -0.2) is 27.7 Å². The number of hydrogen-bond donors (Lipinski definition) is 2. The Bertz CT molecular complexity index is 891. The van der Waals surface area contributed by atoms with Crippen LogP contribution in [0.15, 0.2) is 48.5 Å². The number of nitrogens with one attached hydrogen (secondary N) is 2. The summed E-state index contributed by atoms with van der Waals surface area (Å²) in [5, 5.41) is 10.1. The van der Waals surface area contributed by atoms with Crippen LogP contribution in [0.4, 0.5) is 5.69 Å². The number of amides is 1. The second-order valence-corrected chi connectivity index (χ2v) is 7.28. The fourth-order valence-electron chi connectivity index (χ4n) is 2.31. The second kappa shape index (κ2) is 8.31. The lowest BCUT2D eigenvalue weighted by atomic mass is 10.1. The fraction of sp³-hybridized carbons (Fsp3) is 0.211. The molecule has 2 aromatic carbocycles. The molecule has 0 saturated heterocycles. The van der Waals surface area contributed by atoms with Crippen molar-refractivity contribution in [2.75, 3.05) is 11.9 Å². The normalized spacial score (nSPS) is 10.8. The summed E-state index contributed by atoms with van der Waals surface area (Å²) in [5.74, 6) is 2.03. The number of aromatic amines is 1. The zero-order chi connectivity index (χ0) is 18.5. The maximum Gasteiger partial charge on any atom is 0.262 e. The van der Waals surface area contributed by atoms with E-state index in [1.54, 1.807) is 0 Å². The van der Waals surface area contributed by atoms with E-state index in [-0.39, 0.29) is 18.4 Å². The molecule has 0 atom stereocenters. The molecule has 6 nitrogen and oxygen atoms in total. The van der Waals surface area contributed by atoms with Gasteiger partial charge in [0.1, 0.15) is 11.6 Å². The van der Waals surface area contributed by atoms with Gasteiger partial charge in [-0.1, -0.05) is 26.0 Å². The molecule has 1 heterocycles. The number of hydrogen-bond acceptors (Lipinski definition) is 4. The molecule has 134 valence electrons. The monoisotopic (exact) mass is 462 g/mol. The molecule has 0 saturated carbocycles. The summed E-state index contributed by atoms with van der Waals surface area (Å²) in [6, 6.07) is 15.0. The van der Waals surface area contributed by atoms with Gasteiger partial charge in [-0.2, -0.15) is 5.10 Å². The molecule has 2 N–H and O–H groups in total. The summed E-state index contributed by atoms with van der Waals surface area (Å²) in [7, 11) is 0. The highest BCUT2D eigenvalue weighted by atomic mass is 127.